The predicted octanol–water partition coefficient (Wildman–Crippen LogP) is 3.77. The maximum absolute atomic E-state index is 13.9. The Balaban J connectivity index is 1.71. The van der Waals surface area contributed by atoms with E-state index in [1.54, 1.807) is 20.3 Å². The van der Waals surface area contributed by atoms with Crippen LogP contribution in [-0.2, 0) is 9.53 Å². The summed E-state index contributed by atoms with van der Waals surface area (Å²) in [6, 6.07) is 22.6. The second-order valence-corrected chi connectivity index (χ2v) is 11.3. The van der Waals surface area contributed by atoms with Crippen LogP contribution < -0.4 is 30.0 Å². The zero-order valence-electron chi connectivity index (χ0n) is 22.4. The van der Waals surface area contributed by atoms with Crippen LogP contribution >= 0.6 is 22.7 Å². The van der Waals surface area contributed by atoms with Crippen molar-refractivity contribution in [3.8, 4) is 11.5 Å². The number of rotatable bonds is 6. The zero-order chi connectivity index (χ0) is 28.7. The summed E-state index contributed by atoms with van der Waals surface area (Å²) in [6.45, 7) is 0. The molecule has 0 fully saturated rings. The molecule has 1 aliphatic heterocycles. The van der Waals surface area contributed by atoms with E-state index >= 15 is 0 Å². The van der Waals surface area contributed by atoms with E-state index in [-0.39, 0.29) is 11.4 Å². The standard InChI is InChI=1S/C31H25N3O5S2/c1-37-19-10-6-8-17(14-19)15-23-29(35)34-27(32)25(28-33-21-12-4-5-13-22(21)40-28)24(18-9-7-11-20(16-18)38-2)26(30(34)41-23)31(36)39-3/h4-16,24H,32H2,1-3H3/b23-15+/t24-/m1/s1. The second kappa shape index (κ2) is 10.7. The van der Waals surface area contributed by atoms with E-state index in [4.69, 9.17) is 24.9 Å². The topological polar surface area (TPSA) is 106 Å². The van der Waals surface area contributed by atoms with Gasteiger partial charge in [-0.3, -0.25) is 9.36 Å². The van der Waals surface area contributed by atoms with Gasteiger partial charge in [-0.1, -0.05) is 36.4 Å². The predicted molar refractivity (Wildman–Crippen MR) is 162 cm³/mol. The van der Waals surface area contributed by atoms with Gasteiger partial charge < -0.3 is 19.9 Å². The number of allylic oxidation sites excluding steroid dienone is 1. The molecule has 3 aromatic carbocycles. The third-order valence-corrected chi connectivity index (χ3v) is 9.07. The molecule has 8 nitrogen and oxygen atoms in total. The summed E-state index contributed by atoms with van der Waals surface area (Å²) >= 11 is 2.64. The third-order valence-electron chi connectivity index (χ3n) is 6.90. The number of carbonyl (C=O) groups excluding carboxylic acids is 1. The first kappa shape index (κ1) is 26.5. The molecule has 2 N–H and O–H groups in total. The monoisotopic (exact) mass is 583 g/mol. The summed E-state index contributed by atoms with van der Waals surface area (Å²) in [5.74, 6) is 0.270. The van der Waals surface area contributed by atoms with Crippen molar-refractivity contribution in [3.63, 3.8) is 0 Å². The fourth-order valence-corrected chi connectivity index (χ4v) is 7.21. The van der Waals surface area contributed by atoms with Crippen molar-refractivity contribution in [1.29, 1.82) is 0 Å². The van der Waals surface area contributed by atoms with Gasteiger partial charge in [0, 0.05) is 5.57 Å². The first-order valence-corrected chi connectivity index (χ1v) is 14.3. The minimum atomic E-state index is -0.666. The number of hydrogen-bond donors (Lipinski definition) is 1. The Bertz CT molecular complexity index is 2000. The van der Waals surface area contributed by atoms with E-state index in [0.29, 0.717) is 36.8 Å². The lowest BCUT2D eigenvalue weighted by Crippen LogP contribution is -2.39. The van der Waals surface area contributed by atoms with Crippen LogP contribution in [0.5, 0.6) is 11.5 Å². The Labute approximate surface area is 242 Å². The number of para-hydroxylation sites is 1. The fraction of sp³-hybridized carbons (Fsp3) is 0.129. The number of fused-ring (bicyclic) bond motifs is 2. The van der Waals surface area contributed by atoms with Gasteiger partial charge in [0.25, 0.3) is 5.56 Å². The molecule has 41 heavy (non-hydrogen) atoms. The van der Waals surface area contributed by atoms with Crippen LogP contribution in [0, 0.1) is 0 Å². The highest BCUT2D eigenvalue weighted by molar-refractivity contribution is 7.19. The van der Waals surface area contributed by atoms with Crippen molar-refractivity contribution < 1.29 is 19.0 Å². The first-order valence-electron chi connectivity index (χ1n) is 12.6. The summed E-state index contributed by atoms with van der Waals surface area (Å²) in [6.07, 6.45) is 1.76. The highest BCUT2D eigenvalue weighted by atomic mass is 32.1. The van der Waals surface area contributed by atoms with Crippen LogP contribution in [0.25, 0.3) is 33.3 Å². The number of esters is 1. The van der Waals surface area contributed by atoms with Crippen LogP contribution in [0.1, 0.15) is 22.1 Å². The summed E-state index contributed by atoms with van der Waals surface area (Å²) in [7, 11) is 4.50. The normalized spacial score (nSPS) is 15.2. The molecule has 3 heterocycles. The van der Waals surface area contributed by atoms with Crippen LogP contribution in [0.15, 0.2) is 77.6 Å². The molecule has 0 saturated carbocycles. The van der Waals surface area contributed by atoms with Gasteiger partial charge in [0.2, 0.25) is 0 Å². The van der Waals surface area contributed by atoms with Crippen molar-refractivity contribution in [3.05, 3.63) is 108 Å². The number of ether oxygens (including phenoxy) is 3. The van der Waals surface area contributed by atoms with E-state index in [2.05, 4.69) is 0 Å². The molecule has 0 radical (unpaired) electrons. The van der Waals surface area contributed by atoms with Gasteiger partial charge in [0.1, 0.15) is 27.0 Å². The molecule has 0 saturated heterocycles. The summed E-state index contributed by atoms with van der Waals surface area (Å²) in [4.78, 5) is 32.4. The van der Waals surface area contributed by atoms with Gasteiger partial charge in [0.05, 0.1) is 47.6 Å². The lowest BCUT2D eigenvalue weighted by atomic mass is 9.83. The van der Waals surface area contributed by atoms with Gasteiger partial charge in [0.15, 0.2) is 0 Å². The van der Waals surface area contributed by atoms with E-state index in [0.717, 1.165) is 21.3 Å². The van der Waals surface area contributed by atoms with Crippen molar-refractivity contribution in [1.82, 2.24) is 9.55 Å². The van der Waals surface area contributed by atoms with Gasteiger partial charge in [-0.15, -0.1) is 22.7 Å². The smallest absolute Gasteiger partial charge is 0.337 e. The van der Waals surface area contributed by atoms with E-state index in [1.165, 1.54) is 34.4 Å². The van der Waals surface area contributed by atoms with Crippen LogP contribution in [-0.4, -0.2) is 36.8 Å². The SMILES string of the molecule is COC(=O)C1=c2s/c(=C/c3cccc(OC)c3)c(=O)n2C(N)=C(c2nc3ccccc3s2)[C@H]1c1cccc(OC)c1. The van der Waals surface area contributed by atoms with E-state index in [9.17, 15) is 9.59 Å². The fourth-order valence-electron chi connectivity index (χ4n) is 4.99. The lowest BCUT2D eigenvalue weighted by molar-refractivity contribution is -0.134. The Morgan fingerprint density at radius 1 is 0.951 bits per heavy atom. The molecule has 5 aromatic rings. The van der Waals surface area contributed by atoms with E-state index in [1.807, 2.05) is 72.8 Å². The summed E-state index contributed by atoms with van der Waals surface area (Å²) in [5.41, 5.74) is 9.74. The van der Waals surface area contributed by atoms with Crippen LogP contribution in [0.2, 0.25) is 0 Å². The van der Waals surface area contributed by atoms with Crippen molar-refractivity contribution in [2.75, 3.05) is 21.3 Å². The number of methoxy groups -OCH3 is 3. The number of nitrogens with two attached hydrogens (primary N) is 1. The number of hydrogen-bond acceptors (Lipinski definition) is 9. The molecule has 0 amide bonds. The van der Waals surface area contributed by atoms with Crippen molar-refractivity contribution in [2.45, 2.75) is 5.92 Å². The van der Waals surface area contributed by atoms with Crippen molar-refractivity contribution >= 4 is 61.9 Å². The van der Waals surface area contributed by atoms with Crippen LogP contribution in [0.4, 0.5) is 0 Å². The number of thiazole rings is 2. The Morgan fingerprint density at radius 2 is 1.68 bits per heavy atom. The molecular formula is C31H25N3O5S2. The summed E-state index contributed by atoms with van der Waals surface area (Å²) < 4.78 is 19.3. The number of benzene rings is 3. The molecule has 0 aliphatic carbocycles. The largest absolute Gasteiger partial charge is 0.497 e. The zero-order valence-corrected chi connectivity index (χ0v) is 24.0. The Hall–Kier alpha value is -4.67. The van der Waals surface area contributed by atoms with Gasteiger partial charge in [-0.25, -0.2) is 9.78 Å². The molecule has 10 heteroatoms. The number of aromatic nitrogens is 2. The lowest BCUT2D eigenvalue weighted by Gasteiger charge is -2.27. The molecule has 0 spiro atoms. The molecular weight excluding hydrogens is 558 g/mol. The molecule has 1 atom stereocenters. The molecule has 6 rings (SSSR count). The molecule has 2 aromatic heterocycles. The minimum absolute atomic E-state index is 0.214. The molecule has 206 valence electrons. The minimum Gasteiger partial charge on any atom is -0.497 e. The van der Waals surface area contributed by atoms with Crippen molar-refractivity contribution in [2.24, 2.45) is 5.73 Å². The summed E-state index contributed by atoms with van der Waals surface area (Å²) in [5, 5.41) is 0.611. The average Bonchev–Trinajstić information content (AvgIpc) is 3.57. The molecule has 0 unspecified atom stereocenters. The maximum Gasteiger partial charge on any atom is 0.337 e. The Kier molecular flexibility index (Phi) is 6.94. The number of carbonyl (C=O) groups is 1. The van der Waals surface area contributed by atoms with E-state index < -0.39 is 11.9 Å². The average molecular weight is 584 g/mol. The number of nitrogens with zero attached hydrogens (tertiary/aromatic N) is 2. The van der Waals surface area contributed by atoms with Gasteiger partial charge in [-0.05, 0) is 53.6 Å². The highest BCUT2D eigenvalue weighted by Crippen LogP contribution is 2.45. The third kappa shape index (κ3) is 4.60. The molecule has 0 bridgehead atoms. The highest BCUT2D eigenvalue weighted by Gasteiger charge is 2.38. The second-order valence-electron chi connectivity index (χ2n) is 9.23. The van der Waals surface area contributed by atoms with Crippen LogP contribution in [0.3, 0.4) is 0 Å². The first-order chi connectivity index (χ1) is 19.9. The Morgan fingerprint density at radius 3 is 2.41 bits per heavy atom. The van der Waals surface area contributed by atoms with Gasteiger partial charge >= 0.3 is 5.97 Å². The van der Waals surface area contributed by atoms with Gasteiger partial charge in [-0.2, -0.15) is 0 Å². The molecule has 1 aliphatic rings. The maximum atomic E-state index is 13.9. The quantitative estimate of drug-likeness (QED) is 0.304.